The molecule has 21 heavy (non-hydrogen) atoms. The number of esters is 1. The Morgan fingerprint density at radius 1 is 1.19 bits per heavy atom. The molecule has 0 heterocycles. The summed E-state index contributed by atoms with van der Waals surface area (Å²) in [7, 11) is 0. The van der Waals surface area contributed by atoms with Gasteiger partial charge < -0.3 is 14.6 Å². The molecule has 5 nitrogen and oxygen atoms in total. The van der Waals surface area contributed by atoms with Crippen LogP contribution in [0.1, 0.15) is 31.7 Å². The standard InChI is InChI=1S/C16H22O5/c1-13(17)21-12-15(7-8-16(18)19)9-10-20-11-14-5-3-2-4-6-14/h2-6,15H,7-12H2,1H3,(H,18,19). The van der Waals surface area contributed by atoms with Gasteiger partial charge in [-0.1, -0.05) is 30.3 Å². The lowest BCUT2D eigenvalue weighted by Crippen LogP contribution is -2.16. The number of rotatable bonds is 10. The molecule has 0 radical (unpaired) electrons. The quantitative estimate of drug-likeness (QED) is 0.530. The summed E-state index contributed by atoms with van der Waals surface area (Å²) in [5, 5.41) is 8.72. The number of carboxylic acids is 1. The van der Waals surface area contributed by atoms with E-state index in [0.717, 1.165) is 5.56 Å². The molecular weight excluding hydrogens is 272 g/mol. The van der Waals surface area contributed by atoms with Crippen LogP contribution in [-0.2, 0) is 25.7 Å². The molecule has 116 valence electrons. The van der Waals surface area contributed by atoms with Crippen molar-refractivity contribution in [2.45, 2.75) is 32.8 Å². The molecule has 0 aromatic heterocycles. The van der Waals surface area contributed by atoms with Crippen molar-refractivity contribution < 1.29 is 24.2 Å². The van der Waals surface area contributed by atoms with E-state index in [4.69, 9.17) is 14.6 Å². The van der Waals surface area contributed by atoms with Crippen LogP contribution in [0.25, 0.3) is 0 Å². The number of carboxylic acid groups (broad SMARTS) is 1. The van der Waals surface area contributed by atoms with Gasteiger partial charge in [0.25, 0.3) is 0 Å². The summed E-state index contributed by atoms with van der Waals surface area (Å²) < 4.78 is 10.5. The average molecular weight is 294 g/mol. The van der Waals surface area contributed by atoms with Crippen molar-refractivity contribution in [2.75, 3.05) is 13.2 Å². The maximum Gasteiger partial charge on any atom is 0.303 e. The van der Waals surface area contributed by atoms with Gasteiger partial charge in [0.15, 0.2) is 0 Å². The topological polar surface area (TPSA) is 72.8 Å². The van der Waals surface area contributed by atoms with E-state index >= 15 is 0 Å². The molecule has 5 heteroatoms. The second-order valence-electron chi connectivity index (χ2n) is 4.93. The summed E-state index contributed by atoms with van der Waals surface area (Å²) in [5.74, 6) is -1.17. The first-order valence-electron chi connectivity index (χ1n) is 7.04. The van der Waals surface area contributed by atoms with Crippen molar-refractivity contribution in [1.29, 1.82) is 0 Å². The summed E-state index contributed by atoms with van der Waals surface area (Å²) in [4.78, 5) is 21.4. The second-order valence-corrected chi connectivity index (χ2v) is 4.93. The highest BCUT2D eigenvalue weighted by Crippen LogP contribution is 2.13. The molecule has 1 N–H and O–H groups in total. The first kappa shape index (κ1) is 17.2. The van der Waals surface area contributed by atoms with E-state index in [1.165, 1.54) is 6.92 Å². The van der Waals surface area contributed by atoms with Gasteiger partial charge in [0.2, 0.25) is 0 Å². The number of carbonyl (C=O) groups excluding carboxylic acids is 1. The Kier molecular flexibility index (Phi) is 8.12. The van der Waals surface area contributed by atoms with Gasteiger partial charge in [0.1, 0.15) is 0 Å². The van der Waals surface area contributed by atoms with Crippen LogP contribution in [0.15, 0.2) is 30.3 Å². The Bertz CT molecular complexity index is 412. The van der Waals surface area contributed by atoms with Crippen molar-refractivity contribution in [3.8, 4) is 0 Å². The molecule has 1 atom stereocenters. The van der Waals surface area contributed by atoms with Gasteiger partial charge in [0.05, 0.1) is 13.2 Å². The number of hydrogen-bond acceptors (Lipinski definition) is 4. The number of hydrogen-bond donors (Lipinski definition) is 1. The number of aliphatic carboxylic acids is 1. The van der Waals surface area contributed by atoms with Crippen molar-refractivity contribution in [2.24, 2.45) is 5.92 Å². The maximum absolute atomic E-state index is 10.8. The third kappa shape index (κ3) is 8.81. The lowest BCUT2D eigenvalue weighted by Gasteiger charge is -2.15. The van der Waals surface area contributed by atoms with Gasteiger partial charge >= 0.3 is 11.9 Å². The molecule has 0 bridgehead atoms. The van der Waals surface area contributed by atoms with Crippen molar-refractivity contribution >= 4 is 11.9 Å². The van der Waals surface area contributed by atoms with Crippen LogP contribution < -0.4 is 0 Å². The summed E-state index contributed by atoms with van der Waals surface area (Å²) in [6.07, 6.45) is 1.23. The monoisotopic (exact) mass is 294 g/mol. The van der Waals surface area contributed by atoms with E-state index in [2.05, 4.69) is 0 Å². The van der Waals surface area contributed by atoms with E-state index < -0.39 is 5.97 Å². The highest BCUT2D eigenvalue weighted by molar-refractivity contribution is 5.66. The van der Waals surface area contributed by atoms with Gasteiger partial charge in [-0.15, -0.1) is 0 Å². The molecule has 0 aliphatic carbocycles. The van der Waals surface area contributed by atoms with Crippen LogP contribution >= 0.6 is 0 Å². The largest absolute Gasteiger partial charge is 0.481 e. The number of ether oxygens (including phenoxy) is 2. The first-order valence-corrected chi connectivity index (χ1v) is 7.04. The molecule has 0 spiro atoms. The third-order valence-corrected chi connectivity index (χ3v) is 3.07. The van der Waals surface area contributed by atoms with Crippen LogP contribution in [0, 0.1) is 5.92 Å². The summed E-state index contributed by atoms with van der Waals surface area (Å²) in [5.41, 5.74) is 1.10. The van der Waals surface area contributed by atoms with Crippen molar-refractivity contribution in [3.63, 3.8) is 0 Å². The van der Waals surface area contributed by atoms with Crippen LogP contribution in [-0.4, -0.2) is 30.3 Å². The first-order chi connectivity index (χ1) is 10.1. The smallest absolute Gasteiger partial charge is 0.303 e. The van der Waals surface area contributed by atoms with Crippen molar-refractivity contribution in [1.82, 2.24) is 0 Å². The minimum Gasteiger partial charge on any atom is -0.481 e. The summed E-state index contributed by atoms with van der Waals surface area (Å²) >= 11 is 0. The molecule has 0 amide bonds. The maximum atomic E-state index is 10.8. The molecule has 1 rings (SSSR count). The zero-order valence-corrected chi connectivity index (χ0v) is 12.3. The van der Waals surface area contributed by atoms with E-state index in [-0.39, 0.29) is 24.9 Å². The Balaban J connectivity index is 2.27. The number of carbonyl (C=O) groups is 2. The summed E-state index contributed by atoms with van der Waals surface area (Å²) in [6, 6.07) is 9.83. The fraction of sp³-hybridized carbons (Fsp3) is 0.500. The fourth-order valence-electron chi connectivity index (χ4n) is 1.89. The van der Waals surface area contributed by atoms with Crippen molar-refractivity contribution in [3.05, 3.63) is 35.9 Å². The molecule has 1 aromatic carbocycles. The van der Waals surface area contributed by atoms with E-state index in [1.807, 2.05) is 30.3 Å². The molecule has 0 fully saturated rings. The molecular formula is C16H22O5. The van der Waals surface area contributed by atoms with Crippen LogP contribution in [0.5, 0.6) is 0 Å². The number of benzene rings is 1. The lowest BCUT2D eigenvalue weighted by molar-refractivity contribution is -0.142. The Labute approximate surface area is 124 Å². The van der Waals surface area contributed by atoms with Gasteiger partial charge in [-0.05, 0) is 24.3 Å². The predicted octanol–water partition coefficient (Wildman–Crippen LogP) is 2.64. The molecule has 1 unspecified atom stereocenters. The minimum absolute atomic E-state index is 0.0146. The lowest BCUT2D eigenvalue weighted by atomic mass is 10.0. The second kappa shape index (κ2) is 9.94. The van der Waals surface area contributed by atoms with Crippen LogP contribution in [0.3, 0.4) is 0 Å². The normalized spacial score (nSPS) is 11.9. The van der Waals surface area contributed by atoms with Gasteiger partial charge in [0, 0.05) is 20.0 Å². The Morgan fingerprint density at radius 3 is 2.52 bits per heavy atom. The molecule has 0 aliphatic rings. The molecule has 1 aromatic rings. The summed E-state index contributed by atoms with van der Waals surface area (Å²) in [6.45, 7) is 2.64. The zero-order valence-electron chi connectivity index (χ0n) is 12.3. The minimum atomic E-state index is -0.840. The van der Waals surface area contributed by atoms with E-state index in [1.54, 1.807) is 0 Å². The SMILES string of the molecule is CC(=O)OCC(CCOCc1ccccc1)CCC(=O)O. The third-order valence-electron chi connectivity index (χ3n) is 3.07. The molecule has 0 aliphatic heterocycles. The van der Waals surface area contributed by atoms with E-state index in [9.17, 15) is 9.59 Å². The zero-order chi connectivity index (χ0) is 15.5. The van der Waals surface area contributed by atoms with Crippen LogP contribution in [0.2, 0.25) is 0 Å². The Hall–Kier alpha value is -1.88. The highest BCUT2D eigenvalue weighted by Gasteiger charge is 2.13. The van der Waals surface area contributed by atoms with Gasteiger partial charge in [-0.3, -0.25) is 9.59 Å². The van der Waals surface area contributed by atoms with Gasteiger partial charge in [-0.25, -0.2) is 0 Å². The Morgan fingerprint density at radius 2 is 1.90 bits per heavy atom. The predicted molar refractivity (Wildman–Crippen MR) is 77.7 cm³/mol. The highest BCUT2D eigenvalue weighted by atomic mass is 16.5. The van der Waals surface area contributed by atoms with Crippen LogP contribution in [0.4, 0.5) is 0 Å². The molecule has 0 saturated carbocycles. The molecule has 0 saturated heterocycles. The average Bonchev–Trinajstić information content (AvgIpc) is 2.46. The van der Waals surface area contributed by atoms with Gasteiger partial charge in [-0.2, -0.15) is 0 Å². The fourth-order valence-corrected chi connectivity index (χ4v) is 1.89. The van der Waals surface area contributed by atoms with E-state index in [0.29, 0.717) is 26.1 Å².